The molecule has 2 aliphatic heterocycles. The quantitative estimate of drug-likeness (QED) is 0.259. The number of ether oxygens (including phenoxy) is 3. The summed E-state index contributed by atoms with van der Waals surface area (Å²) in [4.78, 5) is 12.7. The van der Waals surface area contributed by atoms with Crippen LogP contribution in [0.4, 0.5) is 5.82 Å². The molecule has 2 saturated heterocycles. The first-order valence-corrected chi connectivity index (χ1v) is 14.7. The SMILES string of the molecule is CC1(C)OC2C(n3cnc4c(N)ncnc43)OC(C)(COP(=O)(OCc3ccccc3)OCc3ccccc3)[C@@H]2O1. The van der Waals surface area contributed by atoms with Crippen molar-refractivity contribution in [2.45, 2.75) is 63.8 Å². The minimum atomic E-state index is -4.07. The van der Waals surface area contributed by atoms with Gasteiger partial charge in [0.05, 0.1) is 26.1 Å². The standard InChI is InChI=1S/C28H32N5O7P/c1-27(2)38-22-23(39-27)28(3,40-26(22)33-18-32-21-24(29)30-17-31-25(21)33)16-37-41(34,35-14-19-10-6-4-7-11-19)36-15-20-12-8-5-9-13-20/h4-13,17-18,22-23,26H,14-16H2,1-3H3,(H2,29,30,31)/t22?,23-,26?,28?/m1/s1. The number of nitrogens with two attached hydrogens (primary N) is 1. The van der Waals surface area contributed by atoms with Gasteiger partial charge in [-0.05, 0) is 31.9 Å². The van der Waals surface area contributed by atoms with E-state index in [0.29, 0.717) is 11.2 Å². The Kier molecular flexibility index (Phi) is 7.41. The van der Waals surface area contributed by atoms with E-state index in [2.05, 4.69) is 15.0 Å². The first kappa shape index (κ1) is 27.9. The minimum absolute atomic E-state index is 0.0357. The van der Waals surface area contributed by atoms with E-state index in [4.69, 9.17) is 33.5 Å². The minimum Gasteiger partial charge on any atom is -0.382 e. The van der Waals surface area contributed by atoms with Gasteiger partial charge in [-0.2, -0.15) is 0 Å². The van der Waals surface area contributed by atoms with Crippen LogP contribution in [0.2, 0.25) is 0 Å². The summed E-state index contributed by atoms with van der Waals surface area (Å²) < 4.78 is 52.4. The van der Waals surface area contributed by atoms with E-state index in [1.807, 2.05) is 81.4 Å². The molecule has 12 nitrogen and oxygen atoms in total. The molecule has 2 aromatic heterocycles. The number of anilines is 1. The molecule has 0 saturated carbocycles. The van der Waals surface area contributed by atoms with Gasteiger partial charge in [0.2, 0.25) is 0 Å². The Morgan fingerprint density at radius 2 is 1.51 bits per heavy atom. The smallest absolute Gasteiger partial charge is 0.382 e. The number of fused-ring (bicyclic) bond motifs is 2. The van der Waals surface area contributed by atoms with Gasteiger partial charge in [-0.3, -0.25) is 18.1 Å². The van der Waals surface area contributed by atoms with Crippen molar-refractivity contribution in [2.24, 2.45) is 0 Å². The third-order valence-corrected chi connectivity index (χ3v) is 8.37. The lowest BCUT2D eigenvalue weighted by Gasteiger charge is -2.32. The number of phosphoric ester groups is 1. The second-order valence-corrected chi connectivity index (χ2v) is 12.3. The zero-order valence-corrected chi connectivity index (χ0v) is 23.8. The Morgan fingerprint density at radius 3 is 2.15 bits per heavy atom. The van der Waals surface area contributed by atoms with Gasteiger partial charge in [-0.1, -0.05) is 60.7 Å². The van der Waals surface area contributed by atoms with E-state index < -0.39 is 37.6 Å². The van der Waals surface area contributed by atoms with Crippen molar-refractivity contribution >= 4 is 24.8 Å². The molecule has 4 heterocycles. The highest BCUT2D eigenvalue weighted by molar-refractivity contribution is 7.48. The fraction of sp³-hybridized carbons (Fsp3) is 0.393. The third kappa shape index (κ3) is 5.77. The van der Waals surface area contributed by atoms with Gasteiger partial charge in [0.1, 0.15) is 29.7 Å². The molecule has 0 radical (unpaired) electrons. The Bertz CT molecular complexity index is 1510. The number of imidazole rings is 1. The van der Waals surface area contributed by atoms with Crippen LogP contribution < -0.4 is 5.73 Å². The van der Waals surface area contributed by atoms with Gasteiger partial charge < -0.3 is 19.9 Å². The fourth-order valence-electron chi connectivity index (χ4n) is 5.04. The molecule has 3 unspecified atom stereocenters. The van der Waals surface area contributed by atoms with Crippen molar-refractivity contribution < 1.29 is 32.3 Å². The predicted octanol–water partition coefficient (Wildman–Crippen LogP) is 4.77. The normalized spacial score (nSPS) is 25.5. The number of benzene rings is 2. The number of nitrogen functional groups attached to an aromatic ring is 1. The highest BCUT2D eigenvalue weighted by Gasteiger charge is 2.62. The van der Waals surface area contributed by atoms with Crippen LogP contribution >= 0.6 is 7.82 Å². The zero-order valence-electron chi connectivity index (χ0n) is 23.0. The lowest BCUT2D eigenvalue weighted by molar-refractivity contribution is -0.221. The second kappa shape index (κ2) is 10.9. The Hall–Kier alpha value is -3.22. The van der Waals surface area contributed by atoms with Crippen molar-refractivity contribution in [1.29, 1.82) is 0 Å². The molecule has 4 atom stereocenters. The Morgan fingerprint density at radius 1 is 0.878 bits per heavy atom. The van der Waals surface area contributed by atoms with Gasteiger partial charge in [0.25, 0.3) is 0 Å². The molecule has 2 N–H and O–H groups in total. The van der Waals surface area contributed by atoms with Gasteiger partial charge in [0, 0.05) is 0 Å². The van der Waals surface area contributed by atoms with Crippen LogP contribution in [0.25, 0.3) is 11.2 Å². The molecule has 0 bridgehead atoms. The average molecular weight is 582 g/mol. The number of nitrogens with zero attached hydrogens (tertiary/aromatic N) is 4. The topological polar surface area (TPSA) is 142 Å². The van der Waals surface area contributed by atoms with Crippen LogP contribution in [0, 0.1) is 0 Å². The van der Waals surface area contributed by atoms with Crippen molar-refractivity contribution in [2.75, 3.05) is 12.3 Å². The van der Waals surface area contributed by atoms with Crippen molar-refractivity contribution in [3.05, 3.63) is 84.4 Å². The molecular formula is C28H32N5O7P. The first-order valence-electron chi connectivity index (χ1n) is 13.2. The lowest BCUT2D eigenvalue weighted by atomic mass is 9.98. The maximum absolute atomic E-state index is 14.0. The Labute approximate surface area is 237 Å². The zero-order chi connectivity index (χ0) is 28.7. The van der Waals surface area contributed by atoms with E-state index in [-0.39, 0.29) is 25.6 Å². The fourth-order valence-corrected chi connectivity index (χ4v) is 6.29. The van der Waals surface area contributed by atoms with E-state index in [0.717, 1.165) is 11.1 Å². The summed E-state index contributed by atoms with van der Waals surface area (Å²) in [7, 11) is -4.07. The highest BCUT2D eigenvalue weighted by atomic mass is 31.2. The summed E-state index contributed by atoms with van der Waals surface area (Å²) in [5.74, 6) is -0.647. The van der Waals surface area contributed by atoms with Gasteiger partial charge >= 0.3 is 7.82 Å². The van der Waals surface area contributed by atoms with Crippen molar-refractivity contribution in [1.82, 2.24) is 19.5 Å². The number of aromatic nitrogens is 4. The number of hydrogen-bond donors (Lipinski definition) is 1. The molecule has 2 fully saturated rings. The molecule has 0 aliphatic carbocycles. The molecule has 0 amide bonds. The third-order valence-electron chi connectivity index (χ3n) is 7.04. The number of rotatable bonds is 10. The van der Waals surface area contributed by atoms with Crippen molar-refractivity contribution in [3.63, 3.8) is 0 Å². The summed E-state index contributed by atoms with van der Waals surface area (Å²) in [6.07, 6.45) is 1.11. The van der Waals surface area contributed by atoms with Crippen molar-refractivity contribution in [3.8, 4) is 0 Å². The summed E-state index contributed by atoms with van der Waals surface area (Å²) >= 11 is 0. The summed E-state index contributed by atoms with van der Waals surface area (Å²) in [6.45, 7) is 5.37. The van der Waals surface area contributed by atoms with Crippen LogP contribution in [0.1, 0.15) is 38.1 Å². The maximum Gasteiger partial charge on any atom is 0.475 e. The molecule has 2 aromatic carbocycles. The molecule has 0 spiro atoms. The average Bonchev–Trinajstić information content (AvgIpc) is 3.62. The van der Waals surface area contributed by atoms with E-state index >= 15 is 0 Å². The van der Waals surface area contributed by atoms with Crippen LogP contribution in [0.3, 0.4) is 0 Å². The maximum atomic E-state index is 14.0. The molecule has 13 heteroatoms. The summed E-state index contributed by atoms with van der Waals surface area (Å²) in [5, 5.41) is 0. The van der Waals surface area contributed by atoms with E-state index in [1.54, 1.807) is 10.9 Å². The molecule has 216 valence electrons. The molecule has 6 rings (SSSR count). The number of phosphoric acid groups is 1. The van der Waals surface area contributed by atoms with E-state index in [1.165, 1.54) is 6.33 Å². The first-order chi connectivity index (χ1) is 19.6. The lowest BCUT2D eigenvalue weighted by Crippen LogP contribution is -2.44. The van der Waals surface area contributed by atoms with Gasteiger partial charge in [0.15, 0.2) is 23.5 Å². The van der Waals surface area contributed by atoms with Crippen LogP contribution in [0.15, 0.2) is 73.3 Å². The largest absolute Gasteiger partial charge is 0.475 e. The Balaban J connectivity index is 1.25. The molecule has 41 heavy (non-hydrogen) atoms. The summed E-state index contributed by atoms with van der Waals surface area (Å²) in [5.41, 5.74) is 7.48. The van der Waals surface area contributed by atoms with Gasteiger partial charge in [-0.25, -0.2) is 19.5 Å². The second-order valence-electron chi connectivity index (χ2n) is 10.7. The van der Waals surface area contributed by atoms with Gasteiger partial charge in [-0.15, -0.1) is 0 Å². The number of hydrogen-bond acceptors (Lipinski definition) is 11. The van der Waals surface area contributed by atoms with Crippen LogP contribution in [-0.2, 0) is 45.6 Å². The molecule has 2 aliphatic rings. The molecular weight excluding hydrogens is 549 g/mol. The van der Waals surface area contributed by atoms with Crippen LogP contribution in [-0.4, -0.2) is 49.7 Å². The summed E-state index contributed by atoms with van der Waals surface area (Å²) in [6, 6.07) is 18.8. The predicted molar refractivity (Wildman–Crippen MR) is 148 cm³/mol. The van der Waals surface area contributed by atoms with Crippen LogP contribution in [0.5, 0.6) is 0 Å². The monoisotopic (exact) mass is 581 g/mol. The highest BCUT2D eigenvalue weighted by Crippen LogP contribution is 2.54. The molecule has 4 aromatic rings. The van der Waals surface area contributed by atoms with E-state index in [9.17, 15) is 4.57 Å².